The van der Waals surface area contributed by atoms with Crippen LogP contribution in [0.5, 0.6) is 0 Å². The first-order chi connectivity index (χ1) is 13.2. The quantitative estimate of drug-likeness (QED) is 0.310. The third-order valence-corrected chi connectivity index (χ3v) is 3.48. The minimum absolute atomic E-state index is 0.0259. The Hall–Kier alpha value is -2.77. The average Bonchev–Trinajstić information content (AvgIpc) is 2.61. The standard InChI is InChI=1S/C20H33N5O3/c1-6-7-17(26)25-16-10-8-15(9-11-16)14-24-18(21-5)22-12-13-23-19(27)28-20(2,3)4/h8-11H,6-7,12-14H2,1-5H3,(H,23,27)(H,25,26)(H2,21,22,24). The van der Waals surface area contributed by atoms with E-state index in [1.807, 2.05) is 52.0 Å². The fourth-order valence-electron chi connectivity index (χ4n) is 2.22. The summed E-state index contributed by atoms with van der Waals surface area (Å²) in [5.41, 5.74) is 1.34. The molecular formula is C20H33N5O3. The summed E-state index contributed by atoms with van der Waals surface area (Å²) < 4.78 is 5.17. The lowest BCUT2D eigenvalue weighted by molar-refractivity contribution is -0.116. The zero-order valence-corrected chi connectivity index (χ0v) is 17.5. The van der Waals surface area contributed by atoms with Gasteiger partial charge in [-0.3, -0.25) is 9.79 Å². The van der Waals surface area contributed by atoms with Gasteiger partial charge < -0.3 is 26.0 Å². The van der Waals surface area contributed by atoms with Crippen molar-refractivity contribution in [2.75, 3.05) is 25.5 Å². The molecule has 8 nitrogen and oxygen atoms in total. The van der Waals surface area contributed by atoms with E-state index in [0.29, 0.717) is 32.0 Å². The molecule has 1 aromatic carbocycles. The first-order valence-electron chi connectivity index (χ1n) is 9.53. The number of aliphatic imine (C=N–C) groups is 1. The van der Waals surface area contributed by atoms with Crippen LogP contribution in [-0.2, 0) is 16.1 Å². The lowest BCUT2D eigenvalue weighted by Crippen LogP contribution is -2.42. The Balaban J connectivity index is 2.32. The summed E-state index contributed by atoms with van der Waals surface area (Å²) in [4.78, 5) is 27.3. The molecule has 0 aromatic heterocycles. The zero-order chi connectivity index (χ0) is 21.0. The summed E-state index contributed by atoms with van der Waals surface area (Å²) >= 11 is 0. The first kappa shape index (κ1) is 23.3. The van der Waals surface area contributed by atoms with Gasteiger partial charge in [-0.15, -0.1) is 0 Å². The van der Waals surface area contributed by atoms with E-state index < -0.39 is 11.7 Å². The Morgan fingerprint density at radius 2 is 1.68 bits per heavy atom. The molecule has 1 rings (SSSR count). The Morgan fingerprint density at radius 1 is 1.04 bits per heavy atom. The molecule has 156 valence electrons. The van der Waals surface area contributed by atoms with Crippen molar-refractivity contribution < 1.29 is 14.3 Å². The van der Waals surface area contributed by atoms with Gasteiger partial charge in [0.1, 0.15) is 5.60 Å². The maximum absolute atomic E-state index is 11.6. The van der Waals surface area contributed by atoms with Gasteiger partial charge in [0, 0.05) is 38.8 Å². The van der Waals surface area contributed by atoms with E-state index in [0.717, 1.165) is 17.7 Å². The van der Waals surface area contributed by atoms with Crippen LogP contribution in [0, 0.1) is 0 Å². The van der Waals surface area contributed by atoms with Gasteiger partial charge in [-0.05, 0) is 44.9 Å². The molecule has 0 saturated carbocycles. The number of amides is 2. The molecule has 0 radical (unpaired) electrons. The zero-order valence-electron chi connectivity index (χ0n) is 17.5. The van der Waals surface area contributed by atoms with Crippen molar-refractivity contribution in [1.29, 1.82) is 0 Å². The van der Waals surface area contributed by atoms with E-state index in [1.165, 1.54) is 0 Å². The van der Waals surface area contributed by atoms with E-state index in [9.17, 15) is 9.59 Å². The van der Waals surface area contributed by atoms with Gasteiger partial charge in [-0.1, -0.05) is 19.1 Å². The number of alkyl carbamates (subject to hydrolysis) is 1. The molecule has 4 N–H and O–H groups in total. The second-order valence-electron chi connectivity index (χ2n) is 7.28. The highest BCUT2D eigenvalue weighted by Crippen LogP contribution is 2.10. The van der Waals surface area contributed by atoms with Crippen LogP contribution in [-0.4, -0.2) is 43.7 Å². The highest BCUT2D eigenvalue weighted by Gasteiger charge is 2.15. The van der Waals surface area contributed by atoms with Gasteiger partial charge >= 0.3 is 6.09 Å². The minimum Gasteiger partial charge on any atom is -0.444 e. The topological polar surface area (TPSA) is 104 Å². The fourth-order valence-corrected chi connectivity index (χ4v) is 2.22. The maximum Gasteiger partial charge on any atom is 0.407 e. The third-order valence-electron chi connectivity index (χ3n) is 3.48. The van der Waals surface area contributed by atoms with Crippen molar-refractivity contribution in [2.24, 2.45) is 4.99 Å². The molecule has 28 heavy (non-hydrogen) atoms. The molecule has 0 aliphatic carbocycles. The summed E-state index contributed by atoms with van der Waals surface area (Å²) in [5, 5.41) is 11.9. The van der Waals surface area contributed by atoms with E-state index in [2.05, 4.69) is 26.3 Å². The lowest BCUT2D eigenvalue weighted by Gasteiger charge is -2.20. The van der Waals surface area contributed by atoms with E-state index in [1.54, 1.807) is 7.05 Å². The molecule has 0 atom stereocenters. The van der Waals surface area contributed by atoms with Gasteiger partial charge in [0.15, 0.2) is 5.96 Å². The number of anilines is 1. The monoisotopic (exact) mass is 391 g/mol. The number of nitrogens with one attached hydrogen (secondary N) is 4. The van der Waals surface area contributed by atoms with Crippen LogP contribution in [0.1, 0.15) is 46.1 Å². The molecule has 0 spiro atoms. The Morgan fingerprint density at radius 3 is 2.25 bits per heavy atom. The summed E-state index contributed by atoms with van der Waals surface area (Å²) in [5.74, 6) is 0.657. The van der Waals surface area contributed by atoms with Gasteiger partial charge in [-0.2, -0.15) is 0 Å². The number of hydrogen-bond donors (Lipinski definition) is 4. The van der Waals surface area contributed by atoms with E-state index in [-0.39, 0.29) is 5.91 Å². The van der Waals surface area contributed by atoms with Crippen LogP contribution in [0.15, 0.2) is 29.3 Å². The van der Waals surface area contributed by atoms with Crippen LogP contribution < -0.4 is 21.3 Å². The Kier molecular flexibility index (Phi) is 9.84. The normalized spacial score (nSPS) is 11.5. The number of ether oxygens (including phenoxy) is 1. The number of carbonyl (C=O) groups is 2. The van der Waals surface area contributed by atoms with E-state index >= 15 is 0 Å². The van der Waals surface area contributed by atoms with Crippen molar-refractivity contribution in [3.8, 4) is 0 Å². The number of hydrogen-bond acceptors (Lipinski definition) is 4. The maximum atomic E-state index is 11.6. The molecule has 0 aliphatic rings. The molecule has 0 fully saturated rings. The second-order valence-corrected chi connectivity index (χ2v) is 7.28. The summed E-state index contributed by atoms with van der Waals surface area (Å²) in [6.07, 6.45) is 0.907. The van der Waals surface area contributed by atoms with Crippen molar-refractivity contribution in [3.05, 3.63) is 29.8 Å². The summed E-state index contributed by atoms with van der Waals surface area (Å²) in [6.45, 7) is 8.96. The highest BCUT2D eigenvalue weighted by atomic mass is 16.6. The number of carbonyl (C=O) groups excluding carboxylic acids is 2. The van der Waals surface area contributed by atoms with Crippen molar-refractivity contribution in [3.63, 3.8) is 0 Å². The van der Waals surface area contributed by atoms with Crippen molar-refractivity contribution in [1.82, 2.24) is 16.0 Å². The predicted molar refractivity (Wildman–Crippen MR) is 112 cm³/mol. The van der Waals surface area contributed by atoms with Crippen LogP contribution >= 0.6 is 0 Å². The van der Waals surface area contributed by atoms with Crippen molar-refractivity contribution in [2.45, 2.75) is 52.7 Å². The molecule has 8 heteroatoms. The summed E-state index contributed by atoms with van der Waals surface area (Å²) in [7, 11) is 1.68. The third kappa shape index (κ3) is 10.4. The van der Waals surface area contributed by atoms with Crippen molar-refractivity contribution >= 4 is 23.6 Å². The van der Waals surface area contributed by atoms with Gasteiger partial charge in [0.05, 0.1) is 0 Å². The van der Waals surface area contributed by atoms with Crippen LogP contribution in [0.3, 0.4) is 0 Å². The smallest absolute Gasteiger partial charge is 0.407 e. The lowest BCUT2D eigenvalue weighted by atomic mass is 10.2. The molecule has 0 heterocycles. The fraction of sp³-hybridized carbons (Fsp3) is 0.550. The SMILES string of the molecule is CCCC(=O)Nc1ccc(CNC(=NC)NCCNC(=O)OC(C)(C)C)cc1. The molecule has 0 unspecified atom stereocenters. The first-order valence-corrected chi connectivity index (χ1v) is 9.53. The molecule has 2 amide bonds. The van der Waals surface area contributed by atoms with Gasteiger partial charge in [-0.25, -0.2) is 4.79 Å². The van der Waals surface area contributed by atoms with E-state index in [4.69, 9.17) is 4.74 Å². The molecule has 0 aliphatic heterocycles. The van der Waals surface area contributed by atoms with Crippen LogP contribution in [0.2, 0.25) is 0 Å². The van der Waals surface area contributed by atoms with Gasteiger partial charge in [0.25, 0.3) is 0 Å². The van der Waals surface area contributed by atoms with Gasteiger partial charge in [0.2, 0.25) is 5.91 Å². The molecule has 1 aromatic rings. The van der Waals surface area contributed by atoms with Crippen LogP contribution in [0.25, 0.3) is 0 Å². The largest absolute Gasteiger partial charge is 0.444 e. The number of benzene rings is 1. The van der Waals surface area contributed by atoms with Crippen LogP contribution in [0.4, 0.5) is 10.5 Å². The number of nitrogens with zero attached hydrogens (tertiary/aromatic N) is 1. The number of rotatable bonds is 8. The predicted octanol–water partition coefficient (Wildman–Crippen LogP) is 2.61. The second kappa shape index (κ2) is 11.8. The Bertz CT molecular complexity index is 651. The highest BCUT2D eigenvalue weighted by molar-refractivity contribution is 5.90. The average molecular weight is 392 g/mol. The molecular weight excluding hydrogens is 358 g/mol. The molecule has 0 saturated heterocycles. The summed E-state index contributed by atoms with van der Waals surface area (Å²) in [6, 6.07) is 7.66. The Labute approximate surface area is 167 Å². The minimum atomic E-state index is -0.510. The number of guanidine groups is 1. The molecule has 0 bridgehead atoms.